The Bertz CT molecular complexity index is 1250. The van der Waals surface area contributed by atoms with E-state index in [9.17, 15) is 14.0 Å². The van der Waals surface area contributed by atoms with E-state index in [1.165, 1.54) is 17.4 Å². The number of hydrogen-bond donors (Lipinski definition) is 2. The third-order valence-electron chi connectivity index (χ3n) is 4.33. The van der Waals surface area contributed by atoms with Crippen LogP contribution in [-0.2, 0) is 6.42 Å². The zero-order valence-corrected chi connectivity index (χ0v) is 15.6. The molecule has 4 aromatic rings. The molecule has 140 valence electrons. The fourth-order valence-electron chi connectivity index (χ4n) is 2.90. The van der Waals surface area contributed by atoms with Crippen molar-refractivity contribution in [1.82, 2.24) is 15.2 Å². The van der Waals surface area contributed by atoms with Crippen molar-refractivity contribution in [2.24, 2.45) is 0 Å². The largest absolute Gasteiger partial charge is 0.296 e. The van der Waals surface area contributed by atoms with Gasteiger partial charge in [-0.15, -0.1) is 11.3 Å². The van der Waals surface area contributed by atoms with Crippen LogP contribution in [-0.4, -0.2) is 21.1 Å². The Hall–Kier alpha value is -3.39. The van der Waals surface area contributed by atoms with Crippen molar-refractivity contribution in [3.05, 3.63) is 86.5 Å². The molecule has 0 aliphatic heterocycles. The van der Waals surface area contributed by atoms with Crippen molar-refractivity contribution in [3.8, 4) is 0 Å². The molecule has 0 atom stereocenters. The summed E-state index contributed by atoms with van der Waals surface area (Å²) in [6.45, 7) is 1.82. The second-order valence-corrected chi connectivity index (χ2v) is 7.28. The number of hydrogen-bond acceptors (Lipinski definition) is 5. The number of amides is 1. The highest BCUT2D eigenvalue weighted by atomic mass is 32.1. The number of aryl methyl sites for hydroxylation is 1. The summed E-state index contributed by atoms with van der Waals surface area (Å²) in [4.78, 5) is 29.8. The first-order chi connectivity index (χ1) is 13.5. The van der Waals surface area contributed by atoms with Gasteiger partial charge < -0.3 is 0 Å². The molecule has 0 radical (unpaired) electrons. The number of halogens is 1. The monoisotopic (exact) mass is 394 g/mol. The van der Waals surface area contributed by atoms with Gasteiger partial charge in [0.2, 0.25) is 0 Å². The first kappa shape index (κ1) is 18.0. The maximum absolute atomic E-state index is 13.9. The van der Waals surface area contributed by atoms with Gasteiger partial charge in [0.15, 0.2) is 10.8 Å². The summed E-state index contributed by atoms with van der Waals surface area (Å²) >= 11 is 1.29. The molecule has 0 bridgehead atoms. The van der Waals surface area contributed by atoms with Crippen molar-refractivity contribution in [3.63, 3.8) is 0 Å². The summed E-state index contributed by atoms with van der Waals surface area (Å²) in [5.74, 6) is -0.747. The molecule has 28 heavy (non-hydrogen) atoms. The minimum Gasteiger partial charge on any atom is -0.296 e. The first-order valence-corrected chi connectivity index (χ1v) is 9.33. The molecular weight excluding hydrogens is 379 g/mol. The Morgan fingerprint density at radius 1 is 1.14 bits per heavy atom. The summed E-state index contributed by atoms with van der Waals surface area (Å²) in [6.07, 6.45) is 0.395. The molecule has 0 fully saturated rings. The number of aromatic nitrogens is 3. The molecule has 2 heterocycles. The van der Waals surface area contributed by atoms with Crippen LogP contribution in [0.1, 0.15) is 26.6 Å². The average Bonchev–Trinajstić information content (AvgIpc) is 3.03. The number of rotatable bonds is 4. The Morgan fingerprint density at radius 3 is 2.64 bits per heavy atom. The van der Waals surface area contributed by atoms with E-state index in [-0.39, 0.29) is 17.1 Å². The Balaban J connectivity index is 1.61. The van der Waals surface area contributed by atoms with Crippen molar-refractivity contribution in [2.45, 2.75) is 13.3 Å². The highest BCUT2D eigenvalue weighted by molar-refractivity contribution is 7.15. The van der Waals surface area contributed by atoms with E-state index in [0.717, 1.165) is 10.6 Å². The summed E-state index contributed by atoms with van der Waals surface area (Å²) in [6, 6.07) is 13.3. The molecule has 0 spiro atoms. The van der Waals surface area contributed by atoms with E-state index >= 15 is 0 Å². The maximum Gasteiger partial charge on any atom is 0.278 e. The highest BCUT2D eigenvalue weighted by Crippen LogP contribution is 2.26. The number of benzene rings is 2. The van der Waals surface area contributed by atoms with Crippen LogP contribution < -0.4 is 10.9 Å². The van der Waals surface area contributed by atoms with Crippen molar-refractivity contribution in [2.75, 3.05) is 5.32 Å². The molecule has 0 aliphatic rings. The van der Waals surface area contributed by atoms with E-state index in [0.29, 0.717) is 27.9 Å². The van der Waals surface area contributed by atoms with Crippen LogP contribution in [0.4, 0.5) is 9.52 Å². The number of anilines is 1. The van der Waals surface area contributed by atoms with Gasteiger partial charge in [-0.05, 0) is 24.6 Å². The predicted molar refractivity (Wildman–Crippen MR) is 106 cm³/mol. The topological polar surface area (TPSA) is 87.7 Å². The summed E-state index contributed by atoms with van der Waals surface area (Å²) < 4.78 is 13.9. The average molecular weight is 394 g/mol. The minimum atomic E-state index is -0.473. The van der Waals surface area contributed by atoms with Crippen LogP contribution in [0.15, 0.2) is 53.3 Å². The number of thiazole rings is 1. The predicted octanol–water partition coefficient (Wildman–Crippen LogP) is 3.67. The van der Waals surface area contributed by atoms with E-state index in [1.807, 2.05) is 6.92 Å². The lowest BCUT2D eigenvalue weighted by Crippen LogP contribution is -2.19. The maximum atomic E-state index is 13.9. The fraction of sp³-hybridized carbons (Fsp3) is 0.100. The number of aromatic amines is 1. The normalized spacial score (nSPS) is 10.9. The van der Waals surface area contributed by atoms with Crippen molar-refractivity contribution in [1.29, 1.82) is 0 Å². The van der Waals surface area contributed by atoms with Crippen LogP contribution >= 0.6 is 11.3 Å². The molecule has 1 amide bonds. The number of nitrogens with one attached hydrogen (secondary N) is 2. The molecule has 2 N–H and O–H groups in total. The number of fused-ring (bicyclic) bond motifs is 1. The number of H-pyrrole nitrogens is 1. The van der Waals surface area contributed by atoms with Gasteiger partial charge in [-0.1, -0.05) is 36.4 Å². The van der Waals surface area contributed by atoms with E-state index in [2.05, 4.69) is 20.5 Å². The van der Waals surface area contributed by atoms with Gasteiger partial charge in [0.05, 0.1) is 11.1 Å². The van der Waals surface area contributed by atoms with Gasteiger partial charge in [0.1, 0.15) is 5.82 Å². The van der Waals surface area contributed by atoms with Gasteiger partial charge in [-0.3, -0.25) is 14.9 Å². The number of nitrogens with zero attached hydrogens (tertiary/aromatic N) is 2. The molecule has 8 heteroatoms. The molecule has 0 saturated heterocycles. The van der Waals surface area contributed by atoms with E-state index < -0.39 is 5.91 Å². The summed E-state index contributed by atoms with van der Waals surface area (Å²) in [7, 11) is 0. The molecule has 0 unspecified atom stereocenters. The Labute approximate surface area is 163 Å². The molecule has 6 nitrogen and oxygen atoms in total. The lowest BCUT2D eigenvalue weighted by Gasteiger charge is -2.04. The van der Waals surface area contributed by atoms with Crippen LogP contribution in [0.2, 0.25) is 0 Å². The van der Waals surface area contributed by atoms with E-state index in [1.54, 1.807) is 42.5 Å². The zero-order chi connectivity index (χ0) is 19.7. The fourth-order valence-corrected chi connectivity index (χ4v) is 3.89. The van der Waals surface area contributed by atoms with Gasteiger partial charge in [0.25, 0.3) is 11.5 Å². The Morgan fingerprint density at radius 2 is 1.86 bits per heavy atom. The van der Waals surface area contributed by atoms with Crippen molar-refractivity contribution >= 4 is 33.1 Å². The van der Waals surface area contributed by atoms with Gasteiger partial charge in [-0.2, -0.15) is 5.10 Å². The minimum absolute atomic E-state index is 0.110. The Kier molecular flexibility index (Phi) is 4.70. The third-order valence-corrected chi connectivity index (χ3v) is 5.41. The molecular formula is C20H15FN4O2S. The third kappa shape index (κ3) is 3.41. The number of carbonyl (C=O) groups is 1. The standard InChI is InChI=1S/C20H15FN4O2S/c1-11-16(10-12-6-2-5-9-15(12)21)28-20(22-11)23-19(27)17-13-7-3-4-8-14(13)18(26)25-24-17/h2-9H,10H2,1H3,(H,25,26)(H,22,23,27). The second kappa shape index (κ2) is 7.32. The summed E-state index contributed by atoms with van der Waals surface area (Å²) in [5.41, 5.74) is 1.05. The summed E-state index contributed by atoms with van der Waals surface area (Å²) in [5, 5.41) is 10.2. The van der Waals surface area contributed by atoms with Crippen LogP contribution in [0.25, 0.3) is 10.8 Å². The number of carbonyl (C=O) groups excluding carboxylic acids is 1. The molecule has 0 saturated carbocycles. The van der Waals surface area contributed by atoms with Crippen molar-refractivity contribution < 1.29 is 9.18 Å². The van der Waals surface area contributed by atoms with Crippen LogP contribution in [0, 0.1) is 12.7 Å². The lowest BCUT2D eigenvalue weighted by molar-refractivity contribution is 0.102. The zero-order valence-electron chi connectivity index (χ0n) is 14.8. The van der Waals surface area contributed by atoms with Gasteiger partial charge in [-0.25, -0.2) is 14.5 Å². The molecule has 4 rings (SSSR count). The van der Waals surface area contributed by atoms with Gasteiger partial charge >= 0.3 is 0 Å². The second-order valence-electron chi connectivity index (χ2n) is 6.20. The smallest absolute Gasteiger partial charge is 0.278 e. The molecule has 2 aromatic heterocycles. The lowest BCUT2D eigenvalue weighted by atomic mass is 10.1. The van der Waals surface area contributed by atoms with E-state index in [4.69, 9.17) is 0 Å². The highest BCUT2D eigenvalue weighted by Gasteiger charge is 2.17. The van der Waals surface area contributed by atoms with Crippen LogP contribution in [0.3, 0.4) is 0 Å². The quantitative estimate of drug-likeness (QED) is 0.553. The first-order valence-electron chi connectivity index (χ1n) is 8.51. The molecule has 0 aliphatic carbocycles. The van der Waals surface area contributed by atoms with Crippen LogP contribution in [0.5, 0.6) is 0 Å². The molecule has 2 aromatic carbocycles. The SMILES string of the molecule is Cc1nc(NC(=O)c2n[nH]c(=O)c3ccccc23)sc1Cc1ccccc1F. The van der Waals surface area contributed by atoms with Gasteiger partial charge in [0, 0.05) is 16.7 Å².